The van der Waals surface area contributed by atoms with Crippen molar-refractivity contribution in [3.63, 3.8) is 0 Å². The molecule has 0 aliphatic rings. The van der Waals surface area contributed by atoms with Crippen LogP contribution in [0.15, 0.2) is 128 Å². The zero-order chi connectivity index (χ0) is 56.2. The maximum atomic E-state index is 14.2. The molecule has 0 radical (unpaired) electrons. The Kier molecular flexibility index (Phi) is 15.6. The molecule has 0 N–H and O–H groups in total. The molecule has 26 heteroatoms. The molecule has 0 amide bonds. The van der Waals surface area contributed by atoms with Gasteiger partial charge in [0.15, 0.2) is 18.9 Å². The van der Waals surface area contributed by atoms with Crippen LogP contribution in [-0.4, -0.2) is 6.15 Å². The van der Waals surface area contributed by atoms with E-state index in [9.17, 15) is 105 Å². The highest BCUT2D eigenvalue weighted by Gasteiger charge is 2.47. The first kappa shape index (κ1) is 58.5. The van der Waals surface area contributed by atoms with Crippen molar-refractivity contribution >= 4 is 28.0 Å². The SMILES string of the molecule is CC(C)(C)c1ccc(C[n+]2ccccc2)cc1.FC(F)(F)c1cc([B-](c2cc(C(F)(F)F)cc(C(F)(F)F)c2)(c2cc(C(F)(F)F)cc(C(F)(F)F)c2)c2cc(C(F)(F)F)cc(C(F)(F)F)c2)cc(C(F)(F)F)c1. The minimum Gasteiger partial charge on any atom is -0.201 e. The first-order valence-corrected chi connectivity index (χ1v) is 20.7. The third-order valence-electron chi connectivity index (χ3n) is 11.4. The molecule has 6 aromatic rings. The molecule has 0 fully saturated rings. The predicted molar refractivity (Wildman–Crippen MR) is 221 cm³/mol. The predicted octanol–water partition coefficient (Wildman–Crippen LogP) is 14.5. The highest BCUT2D eigenvalue weighted by molar-refractivity contribution is 7.20. The number of nitrogens with zero attached hydrogens (tertiary/aromatic N) is 1. The molecule has 0 atom stereocenters. The van der Waals surface area contributed by atoms with Crippen molar-refractivity contribution in [2.45, 2.75) is 82.1 Å². The van der Waals surface area contributed by atoms with Crippen LogP contribution in [0.5, 0.6) is 0 Å². The summed E-state index contributed by atoms with van der Waals surface area (Å²) < 4.78 is 343. The fourth-order valence-electron chi connectivity index (χ4n) is 7.93. The summed E-state index contributed by atoms with van der Waals surface area (Å²) in [5.41, 5.74) is -27.2. The molecule has 0 saturated carbocycles. The van der Waals surface area contributed by atoms with Gasteiger partial charge in [0.1, 0.15) is 6.15 Å². The van der Waals surface area contributed by atoms with Gasteiger partial charge in [0.05, 0.1) is 44.5 Å². The summed E-state index contributed by atoms with van der Waals surface area (Å²) in [5, 5.41) is 0. The van der Waals surface area contributed by atoms with E-state index in [0.29, 0.717) is 0 Å². The van der Waals surface area contributed by atoms with Crippen LogP contribution in [0.25, 0.3) is 0 Å². The minimum absolute atomic E-state index is 0.235. The quantitative estimate of drug-likeness (QED) is 0.0889. The zero-order valence-electron chi connectivity index (χ0n) is 37.4. The van der Waals surface area contributed by atoms with E-state index in [-0.39, 0.29) is 5.41 Å². The van der Waals surface area contributed by atoms with E-state index in [1.165, 1.54) is 11.1 Å². The lowest BCUT2D eigenvalue weighted by Gasteiger charge is -2.46. The maximum absolute atomic E-state index is 14.2. The molecule has 1 nitrogen and oxygen atoms in total. The largest absolute Gasteiger partial charge is 0.416 e. The van der Waals surface area contributed by atoms with Gasteiger partial charge in [-0.2, -0.15) is 127 Å². The van der Waals surface area contributed by atoms with Crippen LogP contribution in [0, 0.1) is 0 Å². The average Bonchev–Trinajstić information content (AvgIpc) is 3.24. The van der Waals surface area contributed by atoms with E-state index in [4.69, 9.17) is 0 Å². The summed E-state index contributed by atoms with van der Waals surface area (Å²) in [6.45, 7) is 7.67. The molecule has 0 aliphatic carbocycles. The van der Waals surface area contributed by atoms with Crippen LogP contribution in [0.3, 0.4) is 0 Å². The molecule has 0 spiro atoms. The summed E-state index contributed by atoms with van der Waals surface area (Å²) in [4.78, 5) is 0. The molecular weight excluding hydrogens is 1060 g/mol. The van der Waals surface area contributed by atoms with Gasteiger partial charge in [0.2, 0.25) is 0 Å². The number of alkyl halides is 24. The average molecular weight is 1090 g/mol. The molecule has 6 rings (SSSR count). The van der Waals surface area contributed by atoms with Crippen molar-refractivity contribution in [1.82, 2.24) is 0 Å². The van der Waals surface area contributed by atoms with Gasteiger partial charge in [0.25, 0.3) is 0 Å². The van der Waals surface area contributed by atoms with Crippen molar-refractivity contribution in [2.24, 2.45) is 0 Å². The highest BCUT2D eigenvalue weighted by Crippen LogP contribution is 2.41. The monoisotopic (exact) mass is 1090 g/mol. The van der Waals surface area contributed by atoms with E-state index in [0.717, 1.165) is 6.54 Å². The Morgan fingerprint density at radius 3 is 0.703 bits per heavy atom. The van der Waals surface area contributed by atoms with E-state index >= 15 is 0 Å². The van der Waals surface area contributed by atoms with Gasteiger partial charge in [0, 0.05) is 17.7 Å². The number of benzene rings is 5. The molecule has 0 bridgehead atoms. The van der Waals surface area contributed by atoms with Gasteiger partial charge in [-0.15, -0.1) is 0 Å². The number of aromatic nitrogens is 1. The van der Waals surface area contributed by atoms with Gasteiger partial charge in [-0.1, -0.05) is 99.6 Å². The van der Waals surface area contributed by atoms with Crippen LogP contribution in [0.1, 0.15) is 76.4 Å². The number of hydrogen-bond acceptors (Lipinski definition) is 0. The van der Waals surface area contributed by atoms with Crippen LogP contribution in [0.4, 0.5) is 105 Å². The Morgan fingerprint density at radius 2 is 0.514 bits per heavy atom. The molecule has 400 valence electrons. The van der Waals surface area contributed by atoms with Crippen LogP contribution >= 0.6 is 0 Å². The van der Waals surface area contributed by atoms with E-state index < -0.39 is 195 Å². The molecule has 1 heterocycles. The molecule has 0 aliphatic heterocycles. The molecular formula is C48H32BF24N. The van der Waals surface area contributed by atoms with E-state index in [1.54, 1.807) is 0 Å². The Morgan fingerprint density at radius 1 is 0.297 bits per heavy atom. The topological polar surface area (TPSA) is 3.88 Å². The second-order valence-electron chi connectivity index (χ2n) is 17.7. The fraction of sp³-hybridized carbons (Fsp3) is 0.271. The number of hydrogen-bond donors (Lipinski definition) is 0. The van der Waals surface area contributed by atoms with E-state index in [2.05, 4.69) is 74.1 Å². The standard InChI is InChI=1S/C32H12BF24.C16H20N/c34-25(35,36)13-1-14(26(37,38)39)6-21(5-13)33(22-7-15(27(40,41)42)2-16(8-22)28(43,44)45,23-9-17(29(46,47)48)3-18(10-23)30(49,50)51)24-11-19(31(52,53)54)4-20(12-24)32(55,56)57;1-16(2,3)15-9-7-14(8-10-15)13-17-11-5-4-6-12-17/h1-12H;4-12H,13H2,1-3H3/q-1;+1. The summed E-state index contributed by atoms with van der Waals surface area (Å²) in [6.07, 6.45) is -50.6. The number of halogens is 24. The number of rotatable bonds is 6. The van der Waals surface area contributed by atoms with Gasteiger partial charge in [-0.3, -0.25) is 0 Å². The fourth-order valence-corrected chi connectivity index (χ4v) is 7.93. The number of pyridine rings is 1. The first-order valence-electron chi connectivity index (χ1n) is 20.7. The molecule has 5 aromatic carbocycles. The van der Waals surface area contributed by atoms with Gasteiger partial charge < -0.3 is 0 Å². The summed E-state index contributed by atoms with van der Waals surface area (Å²) >= 11 is 0. The smallest absolute Gasteiger partial charge is 0.201 e. The van der Waals surface area contributed by atoms with Gasteiger partial charge in [-0.05, 0) is 35.2 Å². The zero-order valence-corrected chi connectivity index (χ0v) is 37.4. The van der Waals surface area contributed by atoms with Crippen LogP contribution in [-0.2, 0) is 61.4 Å². The highest BCUT2D eigenvalue weighted by atomic mass is 19.4. The Hall–Kier alpha value is -6.37. The lowest BCUT2D eigenvalue weighted by atomic mass is 9.12. The maximum Gasteiger partial charge on any atom is 0.416 e. The minimum atomic E-state index is -6.13. The summed E-state index contributed by atoms with van der Waals surface area (Å²) in [7, 11) is 0. The molecule has 0 saturated heterocycles. The molecule has 74 heavy (non-hydrogen) atoms. The van der Waals surface area contributed by atoms with Crippen molar-refractivity contribution in [3.8, 4) is 0 Å². The molecule has 0 unspecified atom stereocenters. The third kappa shape index (κ3) is 13.7. The lowest BCUT2D eigenvalue weighted by Crippen LogP contribution is -2.75. The molecule has 1 aromatic heterocycles. The Balaban J connectivity index is 0.000000500. The lowest BCUT2D eigenvalue weighted by molar-refractivity contribution is -0.688. The van der Waals surface area contributed by atoms with Crippen molar-refractivity contribution in [1.29, 1.82) is 0 Å². The van der Waals surface area contributed by atoms with Crippen molar-refractivity contribution in [3.05, 3.63) is 183 Å². The van der Waals surface area contributed by atoms with Crippen molar-refractivity contribution in [2.75, 3.05) is 0 Å². The van der Waals surface area contributed by atoms with E-state index in [1.807, 2.05) is 6.07 Å². The summed E-state index contributed by atoms with van der Waals surface area (Å²) in [6, 6.07) is 6.26. The van der Waals surface area contributed by atoms with Crippen molar-refractivity contribution < 1.29 is 110 Å². The second-order valence-corrected chi connectivity index (χ2v) is 17.7. The van der Waals surface area contributed by atoms with Gasteiger partial charge in [-0.25, -0.2) is 4.57 Å². The second kappa shape index (κ2) is 19.7. The van der Waals surface area contributed by atoms with Gasteiger partial charge >= 0.3 is 49.4 Å². The van der Waals surface area contributed by atoms with Crippen LogP contribution < -0.4 is 26.4 Å². The van der Waals surface area contributed by atoms with Crippen LogP contribution in [0.2, 0.25) is 0 Å². The Labute approximate surface area is 403 Å². The normalized spacial score (nSPS) is 13.7. The summed E-state index contributed by atoms with van der Waals surface area (Å²) in [5.74, 6) is 0. The first-order chi connectivity index (χ1) is 33.3. The Bertz CT molecular complexity index is 2490. The third-order valence-corrected chi connectivity index (χ3v) is 11.4.